The molecule has 0 saturated carbocycles. The highest BCUT2D eigenvalue weighted by Gasteiger charge is 2.11. The van der Waals surface area contributed by atoms with Gasteiger partial charge in [-0.05, 0) is 50.1 Å². The molecular weight excluding hydrogens is 398 g/mol. The topological polar surface area (TPSA) is 72.7 Å². The fraction of sp³-hybridized carbons (Fsp3) is 0.348. The first-order valence-electron chi connectivity index (χ1n) is 9.99. The van der Waals surface area contributed by atoms with E-state index in [0.29, 0.717) is 24.6 Å². The Labute approximate surface area is 180 Å². The number of thiazole rings is 1. The minimum absolute atomic E-state index is 0.122. The molecule has 1 N–H and O–H groups in total. The zero-order valence-electron chi connectivity index (χ0n) is 17.8. The SMILES string of the molecule is CCOCCn1c(=NC(=O)Cc2ccc(C)cc2C)sc2cc(NC(C)=O)ccc21. The number of nitrogens with zero attached hydrogens (tertiary/aromatic N) is 2. The predicted molar refractivity (Wildman–Crippen MR) is 121 cm³/mol. The van der Waals surface area contributed by atoms with Crippen molar-refractivity contribution in [2.45, 2.75) is 40.7 Å². The maximum absolute atomic E-state index is 12.7. The maximum atomic E-state index is 12.7. The van der Waals surface area contributed by atoms with Crippen LogP contribution in [0.3, 0.4) is 0 Å². The van der Waals surface area contributed by atoms with Crippen molar-refractivity contribution < 1.29 is 14.3 Å². The molecule has 0 atom stereocenters. The fourth-order valence-electron chi connectivity index (χ4n) is 3.31. The zero-order valence-corrected chi connectivity index (χ0v) is 18.6. The van der Waals surface area contributed by atoms with Gasteiger partial charge in [0.25, 0.3) is 5.91 Å². The van der Waals surface area contributed by atoms with E-state index in [2.05, 4.69) is 16.4 Å². The van der Waals surface area contributed by atoms with Crippen molar-refractivity contribution in [2.24, 2.45) is 4.99 Å². The third kappa shape index (κ3) is 5.43. The number of nitrogens with one attached hydrogen (secondary N) is 1. The Balaban J connectivity index is 1.97. The lowest BCUT2D eigenvalue weighted by atomic mass is 10.0. The van der Waals surface area contributed by atoms with Gasteiger partial charge in [0, 0.05) is 25.8 Å². The first kappa shape index (κ1) is 21.9. The van der Waals surface area contributed by atoms with E-state index < -0.39 is 0 Å². The second kappa shape index (κ2) is 9.82. The van der Waals surface area contributed by atoms with Crippen LogP contribution in [0, 0.1) is 13.8 Å². The monoisotopic (exact) mass is 425 g/mol. The summed E-state index contributed by atoms with van der Waals surface area (Å²) in [6, 6.07) is 11.8. The Morgan fingerprint density at radius 3 is 2.67 bits per heavy atom. The zero-order chi connectivity index (χ0) is 21.7. The highest BCUT2D eigenvalue weighted by Crippen LogP contribution is 2.22. The second-order valence-corrected chi connectivity index (χ2v) is 8.22. The largest absolute Gasteiger partial charge is 0.380 e. The van der Waals surface area contributed by atoms with Gasteiger partial charge >= 0.3 is 0 Å². The van der Waals surface area contributed by atoms with E-state index in [1.165, 1.54) is 23.8 Å². The predicted octanol–water partition coefficient (Wildman–Crippen LogP) is 3.98. The van der Waals surface area contributed by atoms with Crippen LogP contribution < -0.4 is 10.1 Å². The summed E-state index contributed by atoms with van der Waals surface area (Å²) >= 11 is 1.44. The molecule has 0 aliphatic heterocycles. The van der Waals surface area contributed by atoms with E-state index in [4.69, 9.17) is 4.74 Å². The van der Waals surface area contributed by atoms with Crippen molar-refractivity contribution >= 4 is 39.1 Å². The van der Waals surface area contributed by atoms with Crippen LogP contribution >= 0.6 is 11.3 Å². The summed E-state index contributed by atoms with van der Waals surface area (Å²) in [5.74, 6) is -0.301. The van der Waals surface area contributed by atoms with Crippen molar-refractivity contribution in [3.63, 3.8) is 0 Å². The molecule has 0 fully saturated rings. The number of aryl methyl sites for hydroxylation is 2. The summed E-state index contributed by atoms with van der Waals surface area (Å²) in [5.41, 5.74) is 4.95. The van der Waals surface area contributed by atoms with Gasteiger partial charge in [0.2, 0.25) is 5.91 Å². The van der Waals surface area contributed by atoms with Gasteiger partial charge in [-0.15, -0.1) is 0 Å². The second-order valence-electron chi connectivity index (χ2n) is 7.21. The number of anilines is 1. The average Bonchev–Trinajstić information content (AvgIpc) is 3.00. The molecular formula is C23H27N3O3S. The van der Waals surface area contributed by atoms with Crippen LogP contribution in [-0.2, 0) is 27.3 Å². The number of rotatable bonds is 7. The van der Waals surface area contributed by atoms with Crippen molar-refractivity contribution in [1.29, 1.82) is 0 Å². The molecule has 0 aliphatic rings. The molecule has 0 unspecified atom stereocenters. The number of benzene rings is 2. The Bertz CT molecular complexity index is 1140. The lowest BCUT2D eigenvalue weighted by Gasteiger charge is -2.07. The van der Waals surface area contributed by atoms with Crippen LogP contribution in [0.5, 0.6) is 0 Å². The average molecular weight is 426 g/mol. The molecule has 7 heteroatoms. The van der Waals surface area contributed by atoms with E-state index in [1.807, 2.05) is 55.7 Å². The first-order valence-corrected chi connectivity index (χ1v) is 10.8. The van der Waals surface area contributed by atoms with Gasteiger partial charge in [-0.1, -0.05) is 35.1 Å². The highest BCUT2D eigenvalue weighted by molar-refractivity contribution is 7.16. The molecule has 3 aromatic rings. The summed E-state index contributed by atoms with van der Waals surface area (Å²) in [7, 11) is 0. The van der Waals surface area contributed by atoms with Crippen molar-refractivity contribution in [2.75, 3.05) is 18.5 Å². The molecule has 0 spiro atoms. The van der Waals surface area contributed by atoms with Crippen molar-refractivity contribution in [1.82, 2.24) is 4.57 Å². The summed E-state index contributed by atoms with van der Waals surface area (Å²) < 4.78 is 8.48. The number of fused-ring (bicyclic) bond motifs is 1. The van der Waals surface area contributed by atoms with Gasteiger partial charge in [0.1, 0.15) is 0 Å². The normalized spacial score (nSPS) is 11.8. The molecule has 6 nitrogen and oxygen atoms in total. The van der Waals surface area contributed by atoms with Gasteiger partial charge in [-0.25, -0.2) is 0 Å². The van der Waals surface area contributed by atoms with Gasteiger partial charge in [0.05, 0.1) is 23.2 Å². The molecule has 0 bridgehead atoms. The Morgan fingerprint density at radius 1 is 1.17 bits per heavy atom. The van der Waals surface area contributed by atoms with Crippen LogP contribution in [0.1, 0.15) is 30.5 Å². The van der Waals surface area contributed by atoms with Crippen LogP contribution in [0.15, 0.2) is 41.4 Å². The summed E-state index contributed by atoms with van der Waals surface area (Å²) in [4.78, 5) is 29.2. The molecule has 1 heterocycles. The van der Waals surface area contributed by atoms with Gasteiger partial charge in [-0.2, -0.15) is 4.99 Å². The van der Waals surface area contributed by atoms with E-state index in [1.54, 1.807) is 0 Å². The van der Waals surface area contributed by atoms with Gasteiger partial charge < -0.3 is 14.6 Å². The molecule has 0 aliphatic carbocycles. The molecule has 3 rings (SSSR count). The number of carbonyl (C=O) groups excluding carboxylic acids is 2. The first-order chi connectivity index (χ1) is 14.4. The standard InChI is InChI=1S/C23H27N3O3S/c1-5-29-11-10-26-20-9-8-19(24-17(4)27)14-21(20)30-23(26)25-22(28)13-18-7-6-15(2)12-16(18)3/h6-9,12,14H,5,10-11,13H2,1-4H3,(H,24,27). The number of amides is 2. The summed E-state index contributed by atoms with van der Waals surface area (Å²) in [5, 5.41) is 2.80. The maximum Gasteiger partial charge on any atom is 0.252 e. The van der Waals surface area contributed by atoms with Crippen LogP contribution in [0.4, 0.5) is 5.69 Å². The van der Waals surface area contributed by atoms with E-state index in [9.17, 15) is 9.59 Å². The molecule has 2 amide bonds. The Kier molecular flexibility index (Phi) is 7.18. The molecule has 2 aromatic carbocycles. The van der Waals surface area contributed by atoms with E-state index in [-0.39, 0.29) is 18.2 Å². The van der Waals surface area contributed by atoms with E-state index >= 15 is 0 Å². The minimum Gasteiger partial charge on any atom is -0.380 e. The third-order valence-corrected chi connectivity index (χ3v) is 5.77. The van der Waals surface area contributed by atoms with Gasteiger partial charge in [-0.3, -0.25) is 9.59 Å². The smallest absolute Gasteiger partial charge is 0.252 e. The number of carbonyl (C=O) groups is 2. The quantitative estimate of drug-likeness (QED) is 0.582. The lowest BCUT2D eigenvalue weighted by Crippen LogP contribution is -2.20. The van der Waals surface area contributed by atoms with Crippen LogP contribution in [0.25, 0.3) is 10.2 Å². The Morgan fingerprint density at radius 2 is 1.97 bits per heavy atom. The molecule has 0 radical (unpaired) electrons. The minimum atomic E-state index is -0.180. The number of ether oxygens (including phenoxy) is 1. The highest BCUT2D eigenvalue weighted by atomic mass is 32.1. The summed E-state index contributed by atoms with van der Waals surface area (Å²) in [6.45, 7) is 9.25. The molecule has 1 aromatic heterocycles. The number of aromatic nitrogens is 1. The summed E-state index contributed by atoms with van der Waals surface area (Å²) in [6.07, 6.45) is 0.267. The fourth-order valence-corrected chi connectivity index (χ4v) is 4.42. The van der Waals surface area contributed by atoms with Gasteiger partial charge in [0.15, 0.2) is 4.80 Å². The molecule has 0 saturated heterocycles. The lowest BCUT2D eigenvalue weighted by molar-refractivity contribution is -0.117. The number of hydrogen-bond donors (Lipinski definition) is 1. The Hall–Kier alpha value is -2.77. The van der Waals surface area contributed by atoms with Crippen LogP contribution in [0.2, 0.25) is 0 Å². The van der Waals surface area contributed by atoms with Crippen LogP contribution in [-0.4, -0.2) is 29.6 Å². The van der Waals surface area contributed by atoms with Crippen molar-refractivity contribution in [3.05, 3.63) is 57.9 Å². The van der Waals surface area contributed by atoms with E-state index in [0.717, 1.165) is 27.0 Å². The molecule has 158 valence electrons. The molecule has 30 heavy (non-hydrogen) atoms. The number of hydrogen-bond acceptors (Lipinski definition) is 4. The third-order valence-electron chi connectivity index (χ3n) is 4.73. The van der Waals surface area contributed by atoms with Crippen molar-refractivity contribution in [3.8, 4) is 0 Å².